The number of para-hydroxylation sites is 3. The average Bonchev–Trinajstić information content (AvgIpc) is 2.83. The van der Waals surface area contributed by atoms with Gasteiger partial charge < -0.3 is 19.5 Å². The van der Waals surface area contributed by atoms with Gasteiger partial charge in [-0.3, -0.25) is 9.69 Å². The minimum absolute atomic E-state index is 0.0350. The monoisotopic (exact) mass is 432 g/mol. The van der Waals surface area contributed by atoms with Crippen molar-refractivity contribution in [3.63, 3.8) is 0 Å². The number of nitrogens with one attached hydrogen (secondary N) is 1. The Bertz CT molecular complexity index is 1070. The zero-order valence-corrected chi connectivity index (χ0v) is 18.5. The number of fused-ring (bicyclic) bond motifs is 1. The van der Waals surface area contributed by atoms with Crippen LogP contribution >= 0.6 is 0 Å². The van der Waals surface area contributed by atoms with E-state index in [1.165, 1.54) is 11.1 Å². The summed E-state index contributed by atoms with van der Waals surface area (Å²) < 4.78 is 16.8. The Morgan fingerprint density at radius 1 is 0.906 bits per heavy atom. The van der Waals surface area contributed by atoms with Crippen molar-refractivity contribution >= 4 is 11.6 Å². The second kappa shape index (κ2) is 10.2. The van der Waals surface area contributed by atoms with Gasteiger partial charge >= 0.3 is 0 Å². The van der Waals surface area contributed by atoms with Crippen LogP contribution in [0.2, 0.25) is 0 Å². The van der Waals surface area contributed by atoms with Crippen LogP contribution in [0.25, 0.3) is 0 Å². The third kappa shape index (κ3) is 5.21. The Labute approximate surface area is 188 Å². The van der Waals surface area contributed by atoms with Crippen molar-refractivity contribution in [1.82, 2.24) is 4.90 Å². The lowest BCUT2D eigenvalue weighted by molar-refractivity contribution is -0.116. The number of hydrogen-bond donors (Lipinski definition) is 1. The molecule has 0 fully saturated rings. The molecular weight excluding hydrogens is 404 g/mol. The number of methoxy groups -OCH3 is 2. The van der Waals surface area contributed by atoms with Crippen molar-refractivity contribution in [2.45, 2.75) is 19.4 Å². The second-order valence-electron chi connectivity index (χ2n) is 7.71. The molecule has 3 aromatic carbocycles. The van der Waals surface area contributed by atoms with E-state index in [1.807, 2.05) is 60.7 Å². The van der Waals surface area contributed by atoms with Crippen molar-refractivity contribution < 1.29 is 19.0 Å². The van der Waals surface area contributed by atoms with Crippen LogP contribution in [0.5, 0.6) is 23.0 Å². The number of hydrogen-bond acceptors (Lipinski definition) is 5. The van der Waals surface area contributed by atoms with Crippen molar-refractivity contribution in [3.8, 4) is 23.0 Å². The zero-order chi connectivity index (χ0) is 22.3. The van der Waals surface area contributed by atoms with Gasteiger partial charge in [-0.15, -0.1) is 0 Å². The Morgan fingerprint density at radius 2 is 1.59 bits per heavy atom. The molecule has 1 aliphatic rings. The predicted octanol–water partition coefficient (Wildman–Crippen LogP) is 4.88. The molecule has 0 saturated heterocycles. The molecule has 0 aliphatic carbocycles. The van der Waals surface area contributed by atoms with E-state index >= 15 is 0 Å². The van der Waals surface area contributed by atoms with Crippen molar-refractivity contribution in [1.29, 1.82) is 0 Å². The lowest BCUT2D eigenvalue weighted by Gasteiger charge is -2.29. The fourth-order valence-corrected chi connectivity index (χ4v) is 3.88. The van der Waals surface area contributed by atoms with Crippen LogP contribution in [-0.4, -0.2) is 38.1 Å². The Morgan fingerprint density at radius 3 is 2.34 bits per heavy atom. The summed E-state index contributed by atoms with van der Waals surface area (Å²) in [5, 5.41) is 3.00. The lowest BCUT2D eigenvalue weighted by atomic mass is 9.98. The van der Waals surface area contributed by atoms with Crippen molar-refractivity contribution in [2.75, 3.05) is 32.6 Å². The number of amides is 1. The highest BCUT2D eigenvalue weighted by atomic mass is 16.5. The van der Waals surface area contributed by atoms with Crippen molar-refractivity contribution in [2.24, 2.45) is 0 Å². The molecule has 0 radical (unpaired) electrons. The van der Waals surface area contributed by atoms with Crippen LogP contribution in [0.15, 0.2) is 66.7 Å². The summed E-state index contributed by atoms with van der Waals surface area (Å²) in [5.41, 5.74) is 3.16. The molecule has 1 aliphatic heterocycles. The van der Waals surface area contributed by atoms with E-state index in [2.05, 4.69) is 16.3 Å². The zero-order valence-electron chi connectivity index (χ0n) is 18.5. The van der Waals surface area contributed by atoms with Gasteiger partial charge in [-0.05, 0) is 53.9 Å². The smallest absolute Gasteiger partial charge is 0.225 e. The quantitative estimate of drug-likeness (QED) is 0.550. The standard InChI is InChI=1S/C26H28N2O4/c1-30-24-16-19-12-14-28(18-20(19)17-25(24)31-2)15-13-26(29)27-22-10-6-7-11-23(22)32-21-8-4-3-5-9-21/h3-11,16-17H,12-15,18H2,1-2H3,(H,27,29). The number of carbonyl (C=O) groups is 1. The number of benzene rings is 3. The highest BCUT2D eigenvalue weighted by molar-refractivity contribution is 5.92. The molecule has 4 rings (SSSR count). The van der Waals surface area contributed by atoms with Crippen molar-refractivity contribution in [3.05, 3.63) is 77.9 Å². The number of carbonyl (C=O) groups excluding carboxylic acids is 1. The normalized spacial score (nSPS) is 13.2. The van der Waals surface area contributed by atoms with E-state index in [0.29, 0.717) is 24.4 Å². The third-order valence-corrected chi connectivity index (χ3v) is 5.58. The van der Waals surface area contributed by atoms with Crippen LogP contribution < -0.4 is 19.5 Å². The molecule has 6 heteroatoms. The predicted molar refractivity (Wildman–Crippen MR) is 125 cm³/mol. The van der Waals surface area contributed by atoms with E-state index in [9.17, 15) is 4.79 Å². The van der Waals surface area contributed by atoms with E-state index in [1.54, 1.807) is 14.2 Å². The number of rotatable bonds is 8. The summed E-state index contributed by atoms with van der Waals surface area (Å²) in [6, 6.07) is 21.1. The SMILES string of the molecule is COc1cc2c(cc1OC)CN(CCC(=O)Nc1ccccc1Oc1ccccc1)CC2. The Hall–Kier alpha value is -3.51. The van der Waals surface area contributed by atoms with Crippen LogP contribution in [0.1, 0.15) is 17.5 Å². The molecule has 1 amide bonds. The maximum absolute atomic E-state index is 12.7. The summed E-state index contributed by atoms with van der Waals surface area (Å²) in [4.78, 5) is 15.0. The summed E-state index contributed by atoms with van der Waals surface area (Å²) in [7, 11) is 3.30. The molecule has 0 unspecified atom stereocenters. The highest BCUT2D eigenvalue weighted by Gasteiger charge is 2.20. The first-order valence-electron chi connectivity index (χ1n) is 10.7. The minimum Gasteiger partial charge on any atom is -0.493 e. The molecule has 0 bridgehead atoms. The van der Waals surface area contributed by atoms with Gasteiger partial charge in [0.1, 0.15) is 5.75 Å². The van der Waals surface area contributed by atoms with Gasteiger partial charge in [0, 0.05) is 26.1 Å². The van der Waals surface area contributed by atoms with Gasteiger partial charge in [0.05, 0.1) is 19.9 Å². The second-order valence-corrected chi connectivity index (χ2v) is 7.71. The van der Waals surface area contributed by atoms with Gasteiger partial charge in [0.25, 0.3) is 0 Å². The molecule has 32 heavy (non-hydrogen) atoms. The van der Waals surface area contributed by atoms with Crippen LogP contribution in [-0.2, 0) is 17.8 Å². The van der Waals surface area contributed by atoms with Gasteiger partial charge in [-0.1, -0.05) is 30.3 Å². The topological polar surface area (TPSA) is 60.0 Å². The van der Waals surface area contributed by atoms with E-state index < -0.39 is 0 Å². The molecule has 0 aromatic heterocycles. The lowest BCUT2D eigenvalue weighted by Crippen LogP contribution is -2.33. The molecule has 0 saturated carbocycles. The fraction of sp³-hybridized carbons (Fsp3) is 0.269. The largest absolute Gasteiger partial charge is 0.493 e. The van der Waals surface area contributed by atoms with E-state index in [4.69, 9.17) is 14.2 Å². The summed E-state index contributed by atoms with van der Waals surface area (Å²) in [5.74, 6) is 2.82. The fourth-order valence-electron chi connectivity index (χ4n) is 3.88. The molecule has 6 nitrogen and oxygen atoms in total. The first-order valence-corrected chi connectivity index (χ1v) is 10.7. The number of ether oxygens (including phenoxy) is 3. The van der Waals surface area contributed by atoms with Crippen LogP contribution in [0.4, 0.5) is 5.69 Å². The van der Waals surface area contributed by atoms with Gasteiger partial charge in [-0.2, -0.15) is 0 Å². The van der Waals surface area contributed by atoms with Gasteiger partial charge in [-0.25, -0.2) is 0 Å². The molecular formula is C26H28N2O4. The third-order valence-electron chi connectivity index (χ3n) is 5.58. The molecule has 0 atom stereocenters. The first-order chi connectivity index (χ1) is 15.7. The highest BCUT2D eigenvalue weighted by Crippen LogP contribution is 2.33. The minimum atomic E-state index is -0.0350. The molecule has 166 valence electrons. The number of nitrogens with zero attached hydrogens (tertiary/aromatic N) is 1. The van der Waals surface area contributed by atoms with E-state index in [-0.39, 0.29) is 5.91 Å². The maximum atomic E-state index is 12.7. The molecule has 3 aromatic rings. The molecule has 0 spiro atoms. The summed E-state index contributed by atoms with van der Waals surface area (Å²) in [6.07, 6.45) is 1.33. The maximum Gasteiger partial charge on any atom is 0.225 e. The molecule has 1 N–H and O–H groups in total. The van der Waals surface area contributed by atoms with Crippen LogP contribution in [0, 0.1) is 0 Å². The first kappa shape index (κ1) is 21.7. The van der Waals surface area contributed by atoms with Crippen LogP contribution in [0.3, 0.4) is 0 Å². The van der Waals surface area contributed by atoms with Gasteiger partial charge in [0.2, 0.25) is 5.91 Å². The average molecular weight is 433 g/mol. The molecule has 1 heterocycles. The number of anilines is 1. The van der Waals surface area contributed by atoms with Gasteiger partial charge in [0.15, 0.2) is 17.2 Å². The Kier molecular flexibility index (Phi) is 6.92. The summed E-state index contributed by atoms with van der Waals surface area (Å²) >= 11 is 0. The van der Waals surface area contributed by atoms with E-state index in [0.717, 1.165) is 36.8 Å². The Balaban J connectivity index is 1.34. The summed E-state index contributed by atoms with van der Waals surface area (Å²) in [6.45, 7) is 2.38.